The van der Waals surface area contributed by atoms with E-state index in [2.05, 4.69) is 0 Å². The number of sulfonamides is 1. The molecule has 25 heavy (non-hydrogen) atoms. The van der Waals surface area contributed by atoms with Crippen molar-refractivity contribution in [1.82, 2.24) is 4.31 Å². The minimum atomic E-state index is -3.56. The molecule has 1 saturated heterocycles. The van der Waals surface area contributed by atoms with Crippen molar-refractivity contribution in [1.29, 1.82) is 0 Å². The molecule has 6 heteroatoms. The van der Waals surface area contributed by atoms with E-state index in [9.17, 15) is 8.42 Å². The van der Waals surface area contributed by atoms with Crippen LogP contribution in [0.4, 0.5) is 0 Å². The fourth-order valence-electron chi connectivity index (χ4n) is 3.22. The Morgan fingerprint density at radius 1 is 1.04 bits per heavy atom. The van der Waals surface area contributed by atoms with Gasteiger partial charge in [0, 0.05) is 24.7 Å². The Kier molecular flexibility index (Phi) is 5.94. The first-order valence-electron chi connectivity index (χ1n) is 8.22. The van der Waals surface area contributed by atoms with E-state index in [0.717, 1.165) is 11.1 Å². The Balaban J connectivity index is 0.00000225. The molecular weight excluding hydrogens is 356 g/mol. The van der Waals surface area contributed by atoms with Gasteiger partial charge in [-0.1, -0.05) is 62.4 Å². The van der Waals surface area contributed by atoms with Crippen molar-refractivity contribution in [3.05, 3.63) is 54.6 Å². The van der Waals surface area contributed by atoms with Gasteiger partial charge in [0.2, 0.25) is 10.0 Å². The number of nitrogens with zero attached hydrogens (tertiary/aromatic N) is 1. The van der Waals surface area contributed by atoms with Gasteiger partial charge in [0.15, 0.2) is 0 Å². The zero-order valence-corrected chi connectivity index (χ0v) is 16.2. The summed E-state index contributed by atoms with van der Waals surface area (Å²) >= 11 is 0. The number of rotatable bonds is 3. The molecule has 2 aromatic rings. The van der Waals surface area contributed by atoms with E-state index in [1.807, 2.05) is 56.3 Å². The molecule has 1 atom stereocenters. The normalized spacial score (nSPS) is 20.7. The molecule has 0 spiro atoms. The highest BCUT2D eigenvalue weighted by Gasteiger charge is 2.39. The van der Waals surface area contributed by atoms with Gasteiger partial charge in [0.25, 0.3) is 0 Å². The van der Waals surface area contributed by atoms with Gasteiger partial charge >= 0.3 is 0 Å². The van der Waals surface area contributed by atoms with Crippen LogP contribution in [0, 0.1) is 5.41 Å². The van der Waals surface area contributed by atoms with E-state index in [4.69, 9.17) is 5.73 Å². The van der Waals surface area contributed by atoms with Crippen LogP contribution in [0.3, 0.4) is 0 Å². The first-order chi connectivity index (χ1) is 11.3. The molecule has 1 fully saturated rings. The van der Waals surface area contributed by atoms with E-state index in [1.165, 1.54) is 0 Å². The standard InChI is InChI=1S/C19H24N2O2S.ClH/c1-19(2)14-21(13-12-18(19)20)24(22,23)17-11-7-6-10-16(17)15-8-4-3-5-9-15;/h3-11,18H,12-14,20H2,1-2H3;1H. The predicted octanol–water partition coefficient (Wildman–Crippen LogP) is 3.52. The summed E-state index contributed by atoms with van der Waals surface area (Å²) in [5.74, 6) is 0. The van der Waals surface area contributed by atoms with Gasteiger partial charge in [-0.3, -0.25) is 0 Å². The monoisotopic (exact) mass is 380 g/mol. The number of hydrogen-bond donors (Lipinski definition) is 1. The molecule has 0 saturated carbocycles. The topological polar surface area (TPSA) is 63.4 Å². The van der Waals surface area contributed by atoms with E-state index < -0.39 is 10.0 Å². The fraction of sp³-hybridized carbons (Fsp3) is 0.368. The highest BCUT2D eigenvalue weighted by Crippen LogP contribution is 2.34. The number of benzene rings is 2. The summed E-state index contributed by atoms with van der Waals surface area (Å²) in [6.07, 6.45) is 0.680. The second kappa shape index (κ2) is 7.46. The minimum absolute atomic E-state index is 0. The van der Waals surface area contributed by atoms with Gasteiger partial charge in [-0.25, -0.2) is 8.42 Å². The molecule has 1 unspecified atom stereocenters. The van der Waals surface area contributed by atoms with Crippen molar-refractivity contribution in [2.24, 2.45) is 11.1 Å². The predicted molar refractivity (Wildman–Crippen MR) is 104 cm³/mol. The summed E-state index contributed by atoms with van der Waals surface area (Å²) in [5.41, 5.74) is 7.58. The minimum Gasteiger partial charge on any atom is -0.327 e. The summed E-state index contributed by atoms with van der Waals surface area (Å²) < 4.78 is 28.1. The number of halogens is 1. The summed E-state index contributed by atoms with van der Waals surface area (Å²) in [7, 11) is -3.56. The zero-order valence-electron chi connectivity index (χ0n) is 14.6. The summed E-state index contributed by atoms with van der Waals surface area (Å²) in [4.78, 5) is 0.363. The van der Waals surface area contributed by atoms with Crippen LogP contribution < -0.4 is 5.73 Å². The van der Waals surface area contributed by atoms with E-state index in [-0.39, 0.29) is 23.9 Å². The summed E-state index contributed by atoms with van der Waals surface area (Å²) in [5, 5.41) is 0. The van der Waals surface area contributed by atoms with Crippen molar-refractivity contribution in [3.8, 4) is 11.1 Å². The van der Waals surface area contributed by atoms with Gasteiger partial charge in [0.1, 0.15) is 0 Å². The maximum atomic E-state index is 13.3. The lowest BCUT2D eigenvalue weighted by molar-refractivity contribution is 0.155. The fourth-order valence-corrected chi connectivity index (χ4v) is 5.06. The molecule has 0 radical (unpaired) electrons. The molecule has 1 heterocycles. The second-order valence-corrected chi connectivity index (χ2v) is 8.99. The molecule has 1 aliphatic heterocycles. The van der Waals surface area contributed by atoms with Crippen LogP contribution in [0.2, 0.25) is 0 Å². The lowest BCUT2D eigenvalue weighted by Gasteiger charge is -2.41. The largest absolute Gasteiger partial charge is 0.327 e. The van der Waals surface area contributed by atoms with Crippen molar-refractivity contribution >= 4 is 22.4 Å². The van der Waals surface area contributed by atoms with Crippen molar-refractivity contribution in [3.63, 3.8) is 0 Å². The molecular formula is C19H25ClN2O2S. The Morgan fingerprint density at radius 2 is 1.64 bits per heavy atom. The first-order valence-corrected chi connectivity index (χ1v) is 9.66. The van der Waals surface area contributed by atoms with Crippen LogP contribution in [0.5, 0.6) is 0 Å². The average Bonchev–Trinajstić information content (AvgIpc) is 2.58. The molecule has 0 aromatic heterocycles. The zero-order chi connectivity index (χ0) is 17.4. The number of hydrogen-bond acceptors (Lipinski definition) is 3. The maximum Gasteiger partial charge on any atom is 0.243 e. The number of nitrogens with two attached hydrogens (primary N) is 1. The third-order valence-electron chi connectivity index (χ3n) is 4.87. The lowest BCUT2D eigenvalue weighted by Crippen LogP contribution is -2.53. The lowest BCUT2D eigenvalue weighted by atomic mass is 9.81. The summed E-state index contributed by atoms with van der Waals surface area (Å²) in [6, 6.07) is 16.9. The molecule has 0 bridgehead atoms. The maximum absolute atomic E-state index is 13.3. The first kappa shape index (κ1) is 19.9. The van der Waals surface area contributed by atoms with Crippen LogP contribution >= 0.6 is 12.4 Å². The molecule has 2 N–H and O–H groups in total. The quantitative estimate of drug-likeness (QED) is 0.885. The summed E-state index contributed by atoms with van der Waals surface area (Å²) in [6.45, 7) is 4.97. The Hall–Kier alpha value is -1.40. The average molecular weight is 381 g/mol. The SMILES string of the molecule is CC1(C)CN(S(=O)(=O)c2ccccc2-c2ccccc2)CCC1N.Cl. The Labute approximate surface area is 156 Å². The van der Waals surface area contributed by atoms with Crippen LogP contribution in [-0.4, -0.2) is 31.9 Å². The third kappa shape index (κ3) is 3.90. The van der Waals surface area contributed by atoms with Crippen molar-refractivity contribution in [2.45, 2.75) is 31.2 Å². The Bertz CT molecular complexity index is 822. The number of piperidine rings is 1. The van der Waals surface area contributed by atoms with Gasteiger partial charge in [0.05, 0.1) is 4.90 Å². The van der Waals surface area contributed by atoms with E-state index >= 15 is 0 Å². The molecule has 2 aromatic carbocycles. The molecule has 0 aliphatic carbocycles. The van der Waals surface area contributed by atoms with Crippen LogP contribution in [0.1, 0.15) is 20.3 Å². The van der Waals surface area contributed by atoms with Crippen LogP contribution in [-0.2, 0) is 10.0 Å². The third-order valence-corrected chi connectivity index (χ3v) is 6.77. The van der Waals surface area contributed by atoms with Gasteiger partial charge in [-0.05, 0) is 23.5 Å². The smallest absolute Gasteiger partial charge is 0.243 e. The Morgan fingerprint density at radius 3 is 2.28 bits per heavy atom. The molecule has 136 valence electrons. The highest BCUT2D eigenvalue weighted by atomic mass is 35.5. The van der Waals surface area contributed by atoms with Crippen LogP contribution in [0.15, 0.2) is 59.5 Å². The van der Waals surface area contributed by atoms with Gasteiger partial charge in [-0.2, -0.15) is 4.31 Å². The molecule has 1 aliphatic rings. The molecule has 3 rings (SSSR count). The second-order valence-electron chi connectivity index (χ2n) is 7.08. The molecule has 0 amide bonds. The van der Waals surface area contributed by atoms with E-state index in [0.29, 0.717) is 24.4 Å². The highest BCUT2D eigenvalue weighted by molar-refractivity contribution is 7.89. The van der Waals surface area contributed by atoms with Crippen molar-refractivity contribution in [2.75, 3.05) is 13.1 Å². The van der Waals surface area contributed by atoms with Crippen molar-refractivity contribution < 1.29 is 8.42 Å². The van der Waals surface area contributed by atoms with Crippen LogP contribution in [0.25, 0.3) is 11.1 Å². The van der Waals surface area contributed by atoms with Gasteiger partial charge in [-0.15, -0.1) is 12.4 Å². The molecule has 4 nitrogen and oxygen atoms in total. The van der Waals surface area contributed by atoms with Gasteiger partial charge < -0.3 is 5.73 Å². The van der Waals surface area contributed by atoms with E-state index in [1.54, 1.807) is 16.4 Å².